The molecule has 1 aromatic heterocycles. The Morgan fingerprint density at radius 2 is 2.13 bits per heavy atom. The zero-order valence-electron chi connectivity index (χ0n) is 13.3. The Morgan fingerprint density at radius 1 is 1.35 bits per heavy atom. The number of hydrogen-bond donors (Lipinski definition) is 1. The van der Waals surface area contributed by atoms with Gasteiger partial charge < -0.3 is 15.1 Å². The molecule has 0 aromatic carbocycles. The highest BCUT2D eigenvalue weighted by molar-refractivity contribution is 5.97. The Bertz CT molecular complexity index is 660. The summed E-state index contributed by atoms with van der Waals surface area (Å²) in [5, 5.41) is 2.86. The average Bonchev–Trinajstić information content (AvgIpc) is 2.88. The summed E-state index contributed by atoms with van der Waals surface area (Å²) in [5.41, 5.74) is 1.32. The number of piperazine rings is 1. The number of carbonyl (C=O) groups excluding carboxylic acids is 3. The lowest BCUT2D eigenvalue weighted by molar-refractivity contribution is -0.136. The van der Waals surface area contributed by atoms with Crippen molar-refractivity contribution in [3.63, 3.8) is 0 Å². The molecule has 3 amide bonds. The lowest BCUT2D eigenvalue weighted by Crippen LogP contribution is -2.55. The van der Waals surface area contributed by atoms with Crippen LogP contribution in [0, 0.1) is 6.92 Å². The molecule has 0 bridgehead atoms. The van der Waals surface area contributed by atoms with Gasteiger partial charge in [0.25, 0.3) is 5.91 Å². The van der Waals surface area contributed by atoms with Crippen LogP contribution in [0.15, 0.2) is 18.3 Å². The summed E-state index contributed by atoms with van der Waals surface area (Å²) in [4.78, 5) is 43.6. The van der Waals surface area contributed by atoms with Crippen LogP contribution in [-0.4, -0.2) is 64.2 Å². The molecule has 2 aliphatic heterocycles. The maximum atomic E-state index is 12.6. The van der Waals surface area contributed by atoms with E-state index >= 15 is 0 Å². The van der Waals surface area contributed by atoms with Gasteiger partial charge in [0.15, 0.2) is 0 Å². The lowest BCUT2D eigenvalue weighted by Gasteiger charge is -2.36. The minimum atomic E-state index is -0.147. The van der Waals surface area contributed by atoms with E-state index in [9.17, 15) is 14.4 Å². The summed E-state index contributed by atoms with van der Waals surface area (Å²) in [6.45, 7) is 4.42. The zero-order valence-corrected chi connectivity index (χ0v) is 13.3. The van der Waals surface area contributed by atoms with E-state index in [1.807, 2.05) is 6.92 Å². The summed E-state index contributed by atoms with van der Waals surface area (Å²) in [6, 6.07) is 3.34. The molecule has 2 saturated heterocycles. The Balaban J connectivity index is 1.72. The second-order valence-corrected chi connectivity index (χ2v) is 6.20. The molecular weight excluding hydrogens is 296 g/mol. The first-order valence-electron chi connectivity index (χ1n) is 7.72. The number of pyridine rings is 1. The van der Waals surface area contributed by atoms with Crippen LogP contribution >= 0.6 is 0 Å². The van der Waals surface area contributed by atoms with Gasteiger partial charge in [0, 0.05) is 43.5 Å². The van der Waals surface area contributed by atoms with Gasteiger partial charge >= 0.3 is 0 Å². The van der Waals surface area contributed by atoms with Gasteiger partial charge in [0.2, 0.25) is 11.8 Å². The number of fused-ring (bicyclic) bond motifs is 1. The van der Waals surface area contributed by atoms with Crippen molar-refractivity contribution in [3.05, 3.63) is 29.6 Å². The van der Waals surface area contributed by atoms with Crippen LogP contribution in [-0.2, 0) is 9.59 Å². The van der Waals surface area contributed by atoms with Crippen LogP contribution < -0.4 is 5.32 Å². The van der Waals surface area contributed by atoms with E-state index in [0.717, 1.165) is 5.69 Å². The van der Waals surface area contributed by atoms with Crippen LogP contribution in [0.3, 0.4) is 0 Å². The van der Waals surface area contributed by atoms with E-state index in [1.165, 1.54) is 6.92 Å². The third-order valence-corrected chi connectivity index (χ3v) is 4.33. The van der Waals surface area contributed by atoms with Crippen molar-refractivity contribution in [1.82, 2.24) is 20.1 Å². The predicted octanol–water partition coefficient (Wildman–Crippen LogP) is -0.0486. The third-order valence-electron chi connectivity index (χ3n) is 4.33. The van der Waals surface area contributed by atoms with Crippen molar-refractivity contribution >= 4 is 17.7 Å². The molecule has 2 fully saturated rings. The average molecular weight is 316 g/mol. The molecule has 23 heavy (non-hydrogen) atoms. The standard InChI is InChI=1S/C16H20N4O3/c1-10-5-12(3-4-17-10)16(23)19-8-14-6-13(18-11(2)21)7-20(14)15(22)9-19/h3-5,13-14H,6-9H2,1-2H3,(H,18,21)/t13-,14-/m0/s1. The number of rotatable bonds is 2. The van der Waals surface area contributed by atoms with E-state index < -0.39 is 0 Å². The highest BCUT2D eigenvalue weighted by Crippen LogP contribution is 2.24. The number of amides is 3. The summed E-state index contributed by atoms with van der Waals surface area (Å²) in [5.74, 6) is -0.304. The molecule has 2 atom stereocenters. The number of carbonyl (C=O) groups is 3. The fourth-order valence-electron chi connectivity index (χ4n) is 3.38. The molecule has 122 valence electrons. The van der Waals surface area contributed by atoms with Crippen LogP contribution in [0.1, 0.15) is 29.4 Å². The molecule has 3 heterocycles. The highest BCUT2D eigenvalue weighted by atomic mass is 16.2. The maximum absolute atomic E-state index is 12.6. The molecular formula is C16H20N4O3. The van der Waals surface area contributed by atoms with Crippen molar-refractivity contribution in [3.8, 4) is 0 Å². The first-order valence-corrected chi connectivity index (χ1v) is 7.72. The first kappa shape index (κ1) is 15.5. The molecule has 1 aromatic rings. The van der Waals surface area contributed by atoms with E-state index in [2.05, 4.69) is 10.3 Å². The van der Waals surface area contributed by atoms with Gasteiger partial charge in [-0.3, -0.25) is 19.4 Å². The second kappa shape index (κ2) is 5.98. The Kier molecular flexibility index (Phi) is 4.02. The van der Waals surface area contributed by atoms with Gasteiger partial charge in [-0.2, -0.15) is 0 Å². The summed E-state index contributed by atoms with van der Waals surface area (Å²) in [6.07, 6.45) is 2.29. The van der Waals surface area contributed by atoms with Crippen LogP contribution in [0.5, 0.6) is 0 Å². The van der Waals surface area contributed by atoms with Gasteiger partial charge in [0.1, 0.15) is 6.54 Å². The number of nitrogens with zero attached hydrogens (tertiary/aromatic N) is 3. The third kappa shape index (κ3) is 3.18. The molecule has 2 aliphatic rings. The molecule has 0 aliphatic carbocycles. The van der Waals surface area contributed by atoms with E-state index in [1.54, 1.807) is 28.1 Å². The van der Waals surface area contributed by atoms with Gasteiger partial charge in [-0.1, -0.05) is 0 Å². The monoisotopic (exact) mass is 316 g/mol. The number of aromatic nitrogens is 1. The molecule has 7 nitrogen and oxygen atoms in total. The van der Waals surface area contributed by atoms with Crippen LogP contribution in [0.4, 0.5) is 0 Å². The van der Waals surface area contributed by atoms with Crippen molar-refractivity contribution in [1.29, 1.82) is 0 Å². The largest absolute Gasteiger partial charge is 0.352 e. The molecule has 7 heteroatoms. The molecule has 1 N–H and O–H groups in total. The summed E-state index contributed by atoms with van der Waals surface area (Å²) >= 11 is 0. The van der Waals surface area contributed by atoms with Crippen molar-refractivity contribution in [2.45, 2.75) is 32.4 Å². The van der Waals surface area contributed by atoms with Crippen LogP contribution in [0.2, 0.25) is 0 Å². The van der Waals surface area contributed by atoms with Gasteiger partial charge in [-0.25, -0.2) is 0 Å². The number of nitrogens with one attached hydrogen (secondary N) is 1. The van der Waals surface area contributed by atoms with E-state index in [-0.39, 0.29) is 36.3 Å². The van der Waals surface area contributed by atoms with Crippen molar-refractivity contribution in [2.75, 3.05) is 19.6 Å². The van der Waals surface area contributed by atoms with Gasteiger partial charge in [0.05, 0.1) is 6.04 Å². The molecule has 0 unspecified atom stereocenters. The van der Waals surface area contributed by atoms with E-state index in [0.29, 0.717) is 25.1 Å². The highest BCUT2D eigenvalue weighted by Gasteiger charge is 2.41. The Morgan fingerprint density at radius 3 is 2.83 bits per heavy atom. The minimum absolute atomic E-state index is 0.0278. The zero-order chi connectivity index (χ0) is 16.6. The SMILES string of the molecule is CC(=O)N[C@H]1C[C@H]2CN(C(=O)c3ccnc(C)c3)CC(=O)N2C1. The molecule has 0 spiro atoms. The quantitative estimate of drug-likeness (QED) is 0.829. The number of aryl methyl sites for hydroxylation is 1. The normalized spacial score (nSPS) is 23.7. The van der Waals surface area contributed by atoms with Crippen LogP contribution in [0.25, 0.3) is 0 Å². The van der Waals surface area contributed by atoms with Crippen molar-refractivity contribution < 1.29 is 14.4 Å². The first-order chi connectivity index (χ1) is 10.9. The fourth-order valence-corrected chi connectivity index (χ4v) is 3.38. The summed E-state index contributed by atoms with van der Waals surface area (Å²) < 4.78 is 0. The van der Waals surface area contributed by atoms with Crippen molar-refractivity contribution in [2.24, 2.45) is 0 Å². The van der Waals surface area contributed by atoms with Gasteiger partial charge in [-0.15, -0.1) is 0 Å². The Hall–Kier alpha value is -2.44. The molecule has 0 saturated carbocycles. The lowest BCUT2D eigenvalue weighted by atomic mass is 10.1. The minimum Gasteiger partial charge on any atom is -0.352 e. The summed E-state index contributed by atoms with van der Waals surface area (Å²) in [7, 11) is 0. The smallest absolute Gasteiger partial charge is 0.254 e. The fraction of sp³-hybridized carbons (Fsp3) is 0.500. The van der Waals surface area contributed by atoms with Gasteiger partial charge in [-0.05, 0) is 25.5 Å². The molecule has 3 rings (SSSR count). The van der Waals surface area contributed by atoms with E-state index in [4.69, 9.17) is 0 Å². The second-order valence-electron chi connectivity index (χ2n) is 6.20. The number of hydrogen-bond acceptors (Lipinski definition) is 4. The predicted molar refractivity (Wildman–Crippen MR) is 82.6 cm³/mol. The molecule has 0 radical (unpaired) electrons. The Labute approximate surface area is 134 Å². The maximum Gasteiger partial charge on any atom is 0.254 e. The topological polar surface area (TPSA) is 82.6 Å².